The molecule has 8 N–H and O–H groups in total. The van der Waals surface area contributed by atoms with E-state index >= 15 is 0 Å². The van der Waals surface area contributed by atoms with Crippen LogP contribution in [0.5, 0.6) is 0 Å². The molecule has 2 heterocycles. The predicted octanol–water partition coefficient (Wildman–Crippen LogP) is -2.56. The Bertz CT molecular complexity index is 1050. The van der Waals surface area contributed by atoms with Gasteiger partial charge in [-0.2, -0.15) is 13.0 Å². The number of halogens is 1. The summed E-state index contributed by atoms with van der Waals surface area (Å²) < 4.78 is 64.6. The van der Waals surface area contributed by atoms with Crippen molar-refractivity contribution in [3.05, 3.63) is 28.2 Å². The van der Waals surface area contributed by atoms with Crippen molar-refractivity contribution in [3.8, 4) is 0 Å². The minimum Gasteiger partial charge on any atom is -0.387 e. The molecule has 22 heteroatoms. The van der Waals surface area contributed by atoms with E-state index in [-0.39, 0.29) is 0 Å². The van der Waals surface area contributed by atoms with Crippen molar-refractivity contribution in [3.63, 3.8) is 0 Å². The molecule has 32 heavy (non-hydrogen) atoms. The van der Waals surface area contributed by atoms with Crippen LogP contribution < -0.4 is 11.3 Å². The predicted molar refractivity (Wildman–Crippen MR) is 92.7 cm³/mol. The monoisotopic (exact) mass is 529 g/mol. The van der Waals surface area contributed by atoms with Crippen LogP contribution in [0.2, 0.25) is 0 Å². The van der Waals surface area contributed by atoms with E-state index in [9.17, 15) is 37.9 Å². The third-order valence-electron chi connectivity index (χ3n) is 3.56. The van der Waals surface area contributed by atoms with Crippen LogP contribution in [0.4, 0.5) is 4.39 Å². The number of ether oxygens (including phenoxy) is 1. The zero-order chi connectivity index (χ0) is 24.6. The van der Waals surface area contributed by atoms with Gasteiger partial charge in [0.1, 0.15) is 18.3 Å². The van der Waals surface area contributed by atoms with E-state index < -0.39 is 77.7 Å². The van der Waals surface area contributed by atoms with Gasteiger partial charge in [-0.25, -0.2) is 18.7 Å². The molecule has 1 amide bonds. The Labute approximate surface area is 175 Å². The van der Waals surface area contributed by atoms with Crippen LogP contribution in [0.3, 0.4) is 0 Å². The molecule has 1 aliphatic rings. The van der Waals surface area contributed by atoms with Crippen LogP contribution in [0, 0.1) is 5.95 Å². The minimum absolute atomic E-state index is 0.300. The number of carbonyl (C=O) groups excluding carboxylic acids is 1. The van der Waals surface area contributed by atoms with Gasteiger partial charge in [-0.3, -0.25) is 18.7 Å². The zero-order valence-electron chi connectivity index (χ0n) is 15.1. The van der Waals surface area contributed by atoms with E-state index in [1.54, 1.807) is 0 Å². The Kier molecular flexibility index (Phi) is 7.91. The van der Waals surface area contributed by atoms with E-state index in [2.05, 4.69) is 18.1 Å². The first-order valence-electron chi connectivity index (χ1n) is 7.81. The lowest BCUT2D eigenvalue weighted by Gasteiger charge is -2.21. The van der Waals surface area contributed by atoms with Gasteiger partial charge in [-0.1, -0.05) is 0 Å². The molecule has 4 atom stereocenters. The molecule has 1 aliphatic heterocycles. The molecule has 1 aromatic heterocycles. The molecule has 0 saturated carbocycles. The summed E-state index contributed by atoms with van der Waals surface area (Å²) >= 11 is 0. The van der Waals surface area contributed by atoms with Crippen LogP contribution in [0.1, 0.15) is 16.7 Å². The highest BCUT2D eigenvalue weighted by molar-refractivity contribution is 7.66. The fraction of sp³-hybridized carbons (Fsp3) is 0.500. The van der Waals surface area contributed by atoms with Crippen molar-refractivity contribution < 1.29 is 70.5 Å². The highest BCUT2D eigenvalue weighted by atomic mass is 31.3. The maximum Gasteiger partial charge on any atom is 0.492 e. The summed E-state index contributed by atoms with van der Waals surface area (Å²) in [6.07, 6.45) is -7.39. The second-order valence-corrected chi connectivity index (χ2v) is 10.3. The van der Waals surface area contributed by atoms with Crippen molar-refractivity contribution in [2.24, 2.45) is 5.73 Å². The number of hydrogen-bond donors (Lipinski definition) is 7. The van der Waals surface area contributed by atoms with Gasteiger partial charge in [0.15, 0.2) is 11.9 Å². The van der Waals surface area contributed by atoms with Gasteiger partial charge in [0.05, 0.1) is 12.8 Å². The van der Waals surface area contributed by atoms with Gasteiger partial charge in [-0.15, -0.1) is 0 Å². The Morgan fingerprint density at radius 3 is 2.16 bits per heavy atom. The van der Waals surface area contributed by atoms with E-state index in [4.69, 9.17) is 30.0 Å². The Hall–Kier alpha value is -1.43. The third-order valence-corrected chi connectivity index (χ3v) is 7.32. The fourth-order valence-corrected chi connectivity index (χ4v) is 5.59. The van der Waals surface area contributed by atoms with E-state index in [1.165, 1.54) is 0 Å². The molecule has 182 valence electrons. The van der Waals surface area contributed by atoms with Crippen molar-refractivity contribution >= 4 is 29.4 Å². The standard InChI is InChI=1S/C10H15FN3O15P3/c11-4-1-14(9(18)5(13-4)8(12)17)10-7(16)6(15)3(27-10)2-26-32(25,28-30(19,20)21)29-31(22,23)24/h1,3,6-7,10,15-16H,2H2,(H2,12,17)(H2,19,20,21)(H2,22,23,24)/t3-,6+,7-,10-/m1/s1. The van der Waals surface area contributed by atoms with Crippen molar-refractivity contribution in [1.29, 1.82) is 0 Å². The second kappa shape index (κ2) is 9.44. The molecular formula is C10H15FN3O15P3. The van der Waals surface area contributed by atoms with Gasteiger partial charge >= 0.3 is 23.5 Å². The van der Waals surface area contributed by atoms with Crippen LogP contribution in [-0.4, -0.2) is 70.2 Å². The Morgan fingerprint density at radius 2 is 1.69 bits per heavy atom. The van der Waals surface area contributed by atoms with Crippen LogP contribution in [-0.2, 0) is 31.6 Å². The molecule has 0 unspecified atom stereocenters. The normalized spacial score (nSPS) is 24.6. The average Bonchev–Trinajstić information content (AvgIpc) is 2.86. The number of phosphoric acid groups is 3. The number of aliphatic hydroxyl groups excluding tert-OH is 2. The summed E-state index contributed by atoms with van der Waals surface area (Å²) in [4.78, 5) is 61.3. The molecule has 0 radical (unpaired) electrons. The van der Waals surface area contributed by atoms with Gasteiger partial charge in [0, 0.05) is 0 Å². The summed E-state index contributed by atoms with van der Waals surface area (Å²) in [5.41, 5.74) is 2.48. The van der Waals surface area contributed by atoms with Gasteiger partial charge in [0.25, 0.3) is 11.5 Å². The fourth-order valence-electron chi connectivity index (χ4n) is 2.41. The highest BCUT2D eigenvalue weighted by Gasteiger charge is 2.48. The molecule has 18 nitrogen and oxygen atoms in total. The van der Waals surface area contributed by atoms with Gasteiger partial charge in [-0.05, 0) is 0 Å². The SMILES string of the molecule is NC(=O)c1nc(F)cn([C@@H]2O[C@H](COP(=O)(OP(=O)(O)O)OP(=O)(O)O)[C@H](O)[C@H]2O)c1=O. The highest BCUT2D eigenvalue weighted by Crippen LogP contribution is 2.67. The van der Waals surface area contributed by atoms with Crippen LogP contribution in [0.25, 0.3) is 0 Å². The number of nitrogens with two attached hydrogens (primary N) is 1. The first-order valence-corrected chi connectivity index (χ1v) is 12.3. The number of rotatable bonds is 9. The number of primary amides is 1. The van der Waals surface area contributed by atoms with E-state index in [0.717, 1.165) is 0 Å². The summed E-state index contributed by atoms with van der Waals surface area (Å²) in [6.45, 7) is -1.25. The minimum atomic E-state index is -5.70. The first kappa shape index (κ1) is 26.8. The number of amides is 1. The molecule has 0 aliphatic carbocycles. The lowest BCUT2D eigenvalue weighted by atomic mass is 10.1. The molecule has 0 bridgehead atoms. The second-order valence-electron chi connectivity index (χ2n) is 5.92. The third kappa shape index (κ3) is 6.79. The van der Waals surface area contributed by atoms with E-state index in [1.807, 2.05) is 0 Å². The van der Waals surface area contributed by atoms with Crippen molar-refractivity contribution in [2.45, 2.75) is 24.5 Å². The molecule has 1 aromatic rings. The Morgan fingerprint density at radius 1 is 1.16 bits per heavy atom. The van der Waals surface area contributed by atoms with Crippen molar-refractivity contribution in [1.82, 2.24) is 9.55 Å². The summed E-state index contributed by atoms with van der Waals surface area (Å²) in [6, 6.07) is 0. The van der Waals surface area contributed by atoms with E-state index in [0.29, 0.717) is 10.8 Å². The Balaban J connectivity index is 2.28. The largest absolute Gasteiger partial charge is 0.492 e. The van der Waals surface area contributed by atoms with Crippen molar-refractivity contribution in [2.75, 3.05) is 6.61 Å². The lowest BCUT2D eigenvalue weighted by molar-refractivity contribution is -0.0541. The summed E-state index contributed by atoms with van der Waals surface area (Å²) in [5.74, 6) is -2.83. The van der Waals surface area contributed by atoms with Crippen LogP contribution in [0.15, 0.2) is 11.0 Å². The first-order chi connectivity index (χ1) is 14.4. The number of aliphatic hydroxyl groups is 2. The maximum atomic E-state index is 13.6. The van der Waals surface area contributed by atoms with Gasteiger partial charge < -0.3 is 40.3 Å². The number of nitrogens with zero attached hydrogens (tertiary/aromatic N) is 2. The number of aromatic nitrogens is 2. The molecule has 0 spiro atoms. The maximum absolute atomic E-state index is 13.6. The average molecular weight is 529 g/mol. The quantitative estimate of drug-likeness (QED) is 0.162. The topological polar surface area (TPSA) is 287 Å². The summed E-state index contributed by atoms with van der Waals surface area (Å²) in [7, 11) is -17.1. The zero-order valence-corrected chi connectivity index (χ0v) is 17.8. The molecule has 1 saturated heterocycles. The molecule has 2 rings (SSSR count). The molecular weight excluding hydrogens is 514 g/mol. The molecule has 1 fully saturated rings. The summed E-state index contributed by atoms with van der Waals surface area (Å²) in [5, 5.41) is 20.1. The number of hydrogen-bond acceptors (Lipinski definition) is 12. The van der Waals surface area contributed by atoms with Crippen LogP contribution >= 0.6 is 23.5 Å². The number of carbonyl (C=O) groups is 1. The smallest absolute Gasteiger partial charge is 0.387 e. The van der Waals surface area contributed by atoms with Gasteiger partial charge in [0.2, 0.25) is 5.95 Å². The molecule has 0 aromatic carbocycles. The lowest BCUT2D eigenvalue weighted by Crippen LogP contribution is -2.38.